The summed E-state index contributed by atoms with van der Waals surface area (Å²) in [5, 5.41) is 12.8. The van der Waals surface area contributed by atoms with Gasteiger partial charge in [-0.3, -0.25) is 15.2 Å². The first-order chi connectivity index (χ1) is 14.1. The number of amides is 1. The van der Waals surface area contributed by atoms with Crippen molar-refractivity contribution in [1.29, 1.82) is 0 Å². The van der Waals surface area contributed by atoms with Crippen molar-refractivity contribution in [2.75, 3.05) is 12.4 Å². The predicted molar refractivity (Wildman–Crippen MR) is 113 cm³/mol. The van der Waals surface area contributed by atoms with Crippen LogP contribution in [0.3, 0.4) is 0 Å². The average Bonchev–Trinajstić information content (AvgIpc) is 3.38. The average molecular weight is 426 g/mol. The minimum atomic E-state index is -0.258. The molecule has 2 N–H and O–H groups in total. The van der Waals surface area contributed by atoms with Crippen molar-refractivity contribution < 1.29 is 9.53 Å². The Balaban J connectivity index is 1.43. The number of hydrogen-bond donors (Lipinski definition) is 2. The summed E-state index contributed by atoms with van der Waals surface area (Å²) in [5.41, 5.74) is 2.26. The molecule has 146 valence electrons. The van der Waals surface area contributed by atoms with E-state index in [4.69, 9.17) is 16.3 Å². The molecule has 0 saturated heterocycles. The van der Waals surface area contributed by atoms with Crippen molar-refractivity contribution in [2.24, 2.45) is 0 Å². The Morgan fingerprint density at radius 1 is 1.14 bits per heavy atom. The van der Waals surface area contributed by atoms with Gasteiger partial charge in [-0.1, -0.05) is 41.9 Å². The zero-order chi connectivity index (χ0) is 20.2. The number of nitrogens with one attached hydrogen (secondary N) is 2. The van der Waals surface area contributed by atoms with Crippen LogP contribution in [0.1, 0.15) is 5.69 Å². The zero-order valence-electron chi connectivity index (χ0n) is 15.3. The third kappa shape index (κ3) is 4.28. The lowest BCUT2D eigenvalue weighted by Gasteiger charge is -2.04. The van der Waals surface area contributed by atoms with E-state index in [1.807, 2.05) is 53.9 Å². The molecule has 0 atom stereocenters. The van der Waals surface area contributed by atoms with Crippen LogP contribution in [0.15, 0.2) is 53.9 Å². The van der Waals surface area contributed by atoms with Gasteiger partial charge in [0.25, 0.3) is 0 Å². The first-order valence-corrected chi connectivity index (χ1v) is 9.95. The van der Waals surface area contributed by atoms with E-state index in [0.717, 1.165) is 16.1 Å². The van der Waals surface area contributed by atoms with Crippen LogP contribution in [0.4, 0.5) is 5.95 Å². The van der Waals surface area contributed by atoms with Crippen molar-refractivity contribution >= 4 is 34.8 Å². The number of methoxy groups -OCH3 is 1. The standard InChI is InChI=1S/C20H16ClN5O2S/c1-28-16-9-5-3-7-14(16)18-24-20(26-25-18)23-17(27)10-12-11-29-19(22-12)13-6-2-4-8-15(13)21/h2-9,11H,10H2,1H3,(H2,23,24,25,26,27). The minimum absolute atomic E-state index is 0.111. The normalized spacial score (nSPS) is 10.7. The fourth-order valence-corrected chi connectivity index (χ4v) is 3.90. The molecule has 2 heterocycles. The fraction of sp³-hybridized carbons (Fsp3) is 0.100. The van der Waals surface area contributed by atoms with Crippen molar-refractivity contribution in [3.63, 3.8) is 0 Å². The molecule has 1 amide bonds. The van der Waals surface area contributed by atoms with Crippen LogP contribution < -0.4 is 10.1 Å². The highest BCUT2D eigenvalue weighted by Gasteiger charge is 2.14. The number of halogens is 1. The minimum Gasteiger partial charge on any atom is -0.496 e. The van der Waals surface area contributed by atoms with Gasteiger partial charge in [-0.2, -0.15) is 4.98 Å². The highest BCUT2D eigenvalue weighted by atomic mass is 35.5. The van der Waals surface area contributed by atoms with E-state index in [-0.39, 0.29) is 18.3 Å². The third-order valence-electron chi connectivity index (χ3n) is 4.10. The maximum atomic E-state index is 12.4. The number of benzene rings is 2. The molecular weight excluding hydrogens is 410 g/mol. The molecule has 4 rings (SSSR count). The van der Waals surface area contributed by atoms with Gasteiger partial charge in [-0.15, -0.1) is 16.4 Å². The monoisotopic (exact) mass is 425 g/mol. The van der Waals surface area contributed by atoms with Crippen LogP contribution in [-0.2, 0) is 11.2 Å². The van der Waals surface area contributed by atoms with Gasteiger partial charge in [-0.25, -0.2) is 4.98 Å². The van der Waals surface area contributed by atoms with E-state index in [1.165, 1.54) is 11.3 Å². The molecule has 0 saturated carbocycles. The van der Waals surface area contributed by atoms with Gasteiger partial charge < -0.3 is 4.74 Å². The molecule has 9 heteroatoms. The van der Waals surface area contributed by atoms with Gasteiger partial charge in [0.1, 0.15) is 10.8 Å². The number of thiazole rings is 1. The Labute approximate surface area is 175 Å². The smallest absolute Gasteiger partial charge is 0.249 e. The Bertz CT molecular complexity index is 1160. The Kier molecular flexibility index (Phi) is 5.55. The first-order valence-electron chi connectivity index (χ1n) is 8.69. The summed E-state index contributed by atoms with van der Waals surface area (Å²) < 4.78 is 5.32. The predicted octanol–water partition coefficient (Wildman–Crippen LogP) is 4.44. The quantitative estimate of drug-likeness (QED) is 0.476. The van der Waals surface area contributed by atoms with Gasteiger partial charge in [0, 0.05) is 10.9 Å². The van der Waals surface area contributed by atoms with Crippen LogP contribution in [-0.4, -0.2) is 33.2 Å². The van der Waals surface area contributed by atoms with Crippen molar-refractivity contribution in [1.82, 2.24) is 20.2 Å². The molecule has 29 heavy (non-hydrogen) atoms. The number of hydrogen-bond acceptors (Lipinski definition) is 6. The van der Waals surface area contributed by atoms with E-state index in [1.54, 1.807) is 7.11 Å². The molecule has 7 nitrogen and oxygen atoms in total. The molecule has 0 bridgehead atoms. The van der Waals surface area contributed by atoms with Gasteiger partial charge >= 0.3 is 0 Å². The molecule has 0 spiro atoms. The van der Waals surface area contributed by atoms with Gasteiger partial charge in [0.15, 0.2) is 5.82 Å². The second kappa shape index (κ2) is 8.42. The van der Waals surface area contributed by atoms with E-state index in [9.17, 15) is 4.79 Å². The van der Waals surface area contributed by atoms with Gasteiger partial charge in [-0.05, 0) is 18.2 Å². The van der Waals surface area contributed by atoms with Crippen molar-refractivity contribution in [3.05, 3.63) is 64.6 Å². The number of nitrogens with zero attached hydrogens (tertiary/aromatic N) is 3. The number of aromatic nitrogens is 4. The molecule has 0 radical (unpaired) electrons. The number of carbonyl (C=O) groups is 1. The topological polar surface area (TPSA) is 92.8 Å². The van der Waals surface area contributed by atoms with Crippen molar-refractivity contribution in [2.45, 2.75) is 6.42 Å². The molecule has 2 aromatic carbocycles. The van der Waals surface area contributed by atoms with Gasteiger partial charge in [0.05, 0.1) is 29.8 Å². The maximum Gasteiger partial charge on any atom is 0.249 e. The number of anilines is 1. The van der Waals surface area contributed by atoms with Crippen LogP contribution in [0.2, 0.25) is 5.02 Å². The van der Waals surface area contributed by atoms with E-state index in [2.05, 4.69) is 25.5 Å². The second-order valence-corrected chi connectivity index (χ2v) is 7.32. The number of aromatic amines is 1. The molecule has 0 fully saturated rings. The summed E-state index contributed by atoms with van der Waals surface area (Å²) in [6.07, 6.45) is 0.111. The zero-order valence-corrected chi connectivity index (χ0v) is 16.9. The van der Waals surface area contributed by atoms with Gasteiger partial charge in [0.2, 0.25) is 11.9 Å². The summed E-state index contributed by atoms with van der Waals surface area (Å²) in [5.74, 6) is 1.10. The molecule has 0 unspecified atom stereocenters. The number of ether oxygens (including phenoxy) is 1. The maximum absolute atomic E-state index is 12.4. The second-order valence-electron chi connectivity index (χ2n) is 6.06. The Hall–Kier alpha value is -3.23. The van der Waals surface area contributed by atoms with Crippen LogP contribution in [0, 0.1) is 0 Å². The largest absolute Gasteiger partial charge is 0.496 e. The molecule has 2 aromatic heterocycles. The molecule has 0 aliphatic carbocycles. The molecule has 4 aromatic rings. The number of rotatable bonds is 6. The lowest BCUT2D eigenvalue weighted by molar-refractivity contribution is -0.115. The molecule has 0 aliphatic rings. The third-order valence-corrected chi connectivity index (χ3v) is 5.35. The van der Waals surface area contributed by atoms with Crippen LogP contribution in [0.5, 0.6) is 5.75 Å². The van der Waals surface area contributed by atoms with E-state index < -0.39 is 0 Å². The Morgan fingerprint density at radius 2 is 1.90 bits per heavy atom. The lowest BCUT2D eigenvalue weighted by Crippen LogP contribution is -2.15. The fourth-order valence-electron chi connectivity index (χ4n) is 2.76. The van der Waals surface area contributed by atoms with Crippen LogP contribution >= 0.6 is 22.9 Å². The molecular formula is C20H16ClN5O2S. The summed E-state index contributed by atoms with van der Waals surface area (Å²) in [6.45, 7) is 0. The first kappa shape index (κ1) is 19.1. The molecule has 0 aliphatic heterocycles. The summed E-state index contributed by atoms with van der Waals surface area (Å²) in [6, 6.07) is 14.9. The number of para-hydroxylation sites is 1. The van der Waals surface area contributed by atoms with E-state index in [0.29, 0.717) is 22.3 Å². The van der Waals surface area contributed by atoms with E-state index >= 15 is 0 Å². The summed E-state index contributed by atoms with van der Waals surface area (Å²) in [7, 11) is 1.59. The Morgan fingerprint density at radius 3 is 2.69 bits per heavy atom. The SMILES string of the molecule is COc1ccccc1-c1nc(NC(=O)Cc2csc(-c3ccccc3Cl)n2)n[nH]1. The number of carbonyl (C=O) groups excluding carboxylic acids is 1. The highest BCUT2D eigenvalue weighted by molar-refractivity contribution is 7.13. The van der Waals surface area contributed by atoms with Crippen LogP contribution in [0.25, 0.3) is 22.0 Å². The summed E-state index contributed by atoms with van der Waals surface area (Å²) >= 11 is 7.66. The summed E-state index contributed by atoms with van der Waals surface area (Å²) in [4.78, 5) is 21.2. The number of H-pyrrole nitrogens is 1. The van der Waals surface area contributed by atoms with Crippen molar-refractivity contribution in [3.8, 4) is 27.7 Å². The lowest BCUT2D eigenvalue weighted by atomic mass is 10.2. The highest BCUT2D eigenvalue weighted by Crippen LogP contribution is 2.30.